The Labute approximate surface area is 126 Å². The number of rotatable bonds is 9. The highest BCUT2D eigenvalue weighted by molar-refractivity contribution is 5.78. The Balaban J connectivity index is 2.55. The number of aliphatic carboxylic acids is 1. The average Bonchev–Trinajstić information content (AvgIpc) is 2.49. The van der Waals surface area contributed by atoms with E-state index in [9.17, 15) is 9.59 Å². The Bertz CT molecular complexity index is 448. The molecule has 0 saturated heterocycles. The number of amides is 1. The molecule has 5 heteroatoms. The van der Waals surface area contributed by atoms with E-state index in [-0.39, 0.29) is 18.9 Å². The number of benzene rings is 1. The molecule has 1 aromatic carbocycles. The van der Waals surface area contributed by atoms with Crippen molar-refractivity contribution in [3.8, 4) is 0 Å². The minimum Gasteiger partial charge on any atom is -0.481 e. The molecule has 0 heterocycles. The van der Waals surface area contributed by atoms with Crippen LogP contribution >= 0.6 is 0 Å². The third kappa shape index (κ3) is 6.40. The Morgan fingerprint density at radius 2 is 1.76 bits per heavy atom. The molecule has 116 valence electrons. The van der Waals surface area contributed by atoms with Gasteiger partial charge in [-0.3, -0.25) is 14.5 Å². The van der Waals surface area contributed by atoms with Gasteiger partial charge in [0.15, 0.2) is 0 Å². The average molecular weight is 292 g/mol. The summed E-state index contributed by atoms with van der Waals surface area (Å²) in [6.45, 7) is 6.46. The topological polar surface area (TPSA) is 60.9 Å². The van der Waals surface area contributed by atoms with Gasteiger partial charge in [-0.05, 0) is 19.0 Å². The lowest BCUT2D eigenvalue weighted by Gasteiger charge is -2.25. The summed E-state index contributed by atoms with van der Waals surface area (Å²) in [7, 11) is 0. The first-order chi connectivity index (χ1) is 10.1. The van der Waals surface area contributed by atoms with Crippen LogP contribution in [0.25, 0.3) is 0 Å². The van der Waals surface area contributed by atoms with Crippen LogP contribution in [0.15, 0.2) is 30.3 Å². The second kappa shape index (κ2) is 9.13. The zero-order chi connectivity index (χ0) is 15.7. The molecule has 0 radical (unpaired) electrons. The maximum Gasteiger partial charge on any atom is 0.304 e. The number of carbonyl (C=O) groups is 2. The van der Waals surface area contributed by atoms with Crippen LogP contribution in [0.4, 0.5) is 0 Å². The van der Waals surface area contributed by atoms with Crippen molar-refractivity contribution in [3.05, 3.63) is 35.9 Å². The van der Waals surface area contributed by atoms with Crippen molar-refractivity contribution >= 4 is 11.9 Å². The number of likely N-dealkylation sites (N-methyl/N-ethyl adjacent to an activating group) is 2. The van der Waals surface area contributed by atoms with Crippen LogP contribution in [-0.4, -0.2) is 53.0 Å². The molecule has 0 aliphatic carbocycles. The van der Waals surface area contributed by atoms with Crippen LogP contribution in [0, 0.1) is 0 Å². The van der Waals surface area contributed by atoms with Gasteiger partial charge >= 0.3 is 5.97 Å². The van der Waals surface area contributed by atoms with E-state index < -0.39 is 5.97 Å². The van der Waals surface area contributed by atoms with E-state index in [4.69, 9.17) is 5.11 Å². The van der Waals surface area contributed by atoms with E-state index in [0.717, 1.165) is 5.56 Å². The van der Waals surface area contributed by atoms with Crippen molar-refractivity contribution in [3.63, 3.8) is 0 Å². The Kier molecular flexibility index (Phi) is 7.46. The molecule has 0 bridgehead atoms. The van der Waals surface area contributed by atoms with E-state index >= 15 is 0 Å². The molecule has 0 spiro atoms. The number of hydrogen-bond acceptors (Lipinski definition) is 3. The van der Waals surface area contributed by atoms with E-state index in [1.54, 1.807) is 4.90 Å². The number of carboxylic acids is 1. The predicted octanol–water partition coefficient (Wildman–Crippen LogP) is 1.83. The first kappa shape index (κ1) is 17.2. The summed E-state index contributed by atoms with van der Waals surface area (Å²) in [5.41, 5.74) is 1.10. The van der Waals surface area contributed by atoms with E-state index in [2.05, 4.69) is 0 Å². The van der Waals surface area contributed by atoms with Crippen LogP contribution in [0.3, 0.4) is 0 Å². The van der Waals surface area contributed by atoms with Crippen LogP contribution in [0.5, 0.6) is 0 Å². The van der Waals surface area contributed by atoms with Crippen molar-refractivity contribution in [2.75, 3.05) is 26.2 Å². The molecule has 0 atom stereocenters. The highest BCUT2D eigenvalue weighted by atomic mass is 16.4. The SMILES string of the molecule is CCN(CCC(=O)O)CC(=O)N(CC)Cc1ccccc1. The molecule has 0 aromatic heterocycles. The van der Waals surface area contributed by atoms with Crippen molar-refractivity contribution in [2.24, 2.45) is 0 Å². The van der Waals surface area contributed by atoms with Gasteiger partial charge in [-0.2, -0.15) is 0 Å². The molecular formula is C16H24N2O3. The van der Waals surface area contributed by atoms with Crippen LogP contribution in [0.1, 0.15) is 25.8 Å². The van der Waals surface area contributed by atoms with Gasteiger partial charge in [0.2, 0.25) is 5.91 Å². The molecule has 0 saturated carbocycles. The molecule has 1 amide bonds. The van der Waals surface area contributed by atoms with E-state index in [0.29, 0.717) is 26.2 Å². The summed E-state index contributed by atoms with van der Waals surface area (Å²) < 4.78 is 0. The molecule has 5 nitrogen and oxygen atoms in total. The van der Waals surface area contributed by atoms with Crippen molar-refractivity contribution in [1.82, 2.24) is 9.80 Å². The Morgan fingerprint density at radius 1 is 1.10 bits per heavy atom. The quantitative estimate of drug-likeness (QED) is 0.754. The van der Waals surface area contributed by atoms with Gasteiger partial charge in [0.1, 0.15) is 0 Å². The molecule has 0 unspecified atom stereocenters. The third-order valence-corrected chi connectivity index (χ3v) is 3.40. The lowest BCUT2D eigenvalue weighted by Crippen LogP contribution is -2.40. The summed E-state index contributed by atoms with van der Waals surface area (Å²) in [5.74, 6) is -0.800. The fourth-order valence-electron chi connectivity index (χ4n) is 2.07. The zero-order valence-electron chi connectivity index (χ0n) is 12.8. The molecule has 21 heavy (non-hydrogen) atoms. The minimum absolute atomic E-state index is 0.0357. The Morgan fingerprint density at radius 3 is 2.29 bits per heavy atom. The van der Waals surface area contributed by atoms with Gasteiger partial charge in [-0.15, -0.1) is 0 Å². The fourth-order valence-corrected chi connectivity index (χ4v) is 2.07. The lowest BCUT2D eigenvalue weighted by molar-refractivity contribution is -0.138. The first-order valence-corrected chi connectivity index (χ1v) is 7.32. The number of nitrogens with zero attached hydrogens (tertiary/aromatic N) is 2. The fraction of sp³-hybridized carbons (Fsp3) is 0.500. The molecular weight excluding hydrogens is 268 g/mol. The van der Waals surface area contributed by atoms with Crippen LogP contribution in [0.2, 0.25) is 0 Å². The highest BCUT2D eigenvalue weighted by Crippen LogP contribution is 2.05. The van der Waals surface area contributed by atoms with Crippen molar-refractivity contribution in [1.29, 1.82) is 0 Å². The highest BCUT2D eigenvalue weighted by Gasteiger charge is 2.16. The zero-order valence-corrected chi connectivity index (χ0v) is 12.8. The van der Waals surface area contributed by atoms with Gasteiger partial charge in [0, 0.05) is 19.6 Å². The van der Waals surface area contributed by atoms with Gasteiger partial charge in [-0.1, -0.05) is 37.3 Å². The molecule has 1 N–H and O–H groups in total. The molecule has 1 rings (SSSR count). The third-order valence-electron chi connectivity index (χ3n) is 3.40. The summed E-state index contributed by atoms with van der Waals surface area (Å²) in [4.78, 5) is 26.6. The second-order valence-corrected chi connectivity index (χ2v) is 4.91. The van der Waals surface area contributed by atoms with Gasteiger partial charge < -0.3 is 10.0 Å². The summed E-state index contributed by atoms with van der Waals surface area (Å²) in [6.07, 6.45) is 0.0614. The summed E-state index contributed by atoms with van der Waals surface area (Å²) in [5, 5.41) is 8.72. The summed E-state index contributed by atoms with van der Waals surface area (Å²) in [6, 6.07) is 9.86. The monoisotopic (exact) mass is 292 g/mol. The van der Waals surface area contributed by atoms with Crippen molar-refractivity contribution < 1.29 is 14.7 Å². The van der Waals surface area contributed by atoms with Gasteiger partial charge in [0.25, 0.3) is 0 Å². The normalized spacial score (nSPS) is 10.6. The van der Waals surface area contributed by atoms with Crippen molar-refractivity contribution in [2.45, 2.75) is 26.8 Å². The number of carbonyl (C=O) groups excluding carboxylic acids is 1. The molecule has 0 aliphatic heterocycles. The van der Waals surface area contributed by atoms with Crippen LogP contribution < -0.4 is 0 Å². The minimum atomic E-state index is -0.836. The standard InChI is InChI=1S/C16H24N2O3/c1-3-17(11-10-16(20)21)13-15(19)18(4-2)12-14-8-6-5-7-9-14/h5-9H,3-4,10-13H2,1-2H3,(H,20,21). The largest absolute Gasteiger partial charge is 0.481 e. The van der Waals surface area contributed by atoms with Gasteiger partial charge in [-0.25, -0.2) is 0 Å². The van der Waals surface area contributed by atoms with Gasteiger partial charge in [0.05, 0.1) is 13.0 Å². The molecule has 0 fully saturated rings. The molecule has 0 aliphatic rings. The smallest absolute Gasteiger partial charge is 0.304 e. The Hall–Kier alpha value is -1.88. The number of hydrogen-bond donors (Lipinski definition) is 1. The van der Waals surface area contributed by atoms with Crippen LogP contribution in [-0.2, 0) is 16.1 Å². The number of carboxylic acid groups (broad SMARTS) is 1. The molecule has 1 aromatic rings. The first-order valence-electron chi connectivity index (χ1n) is 7.32. The summed E-state index contributed by atoms with van der Waals surface area (Å²) >= 11 is 0. The van der Waals surface area contributed by atoms with E-state index in [1.165, 1.54) is 0 Å². The predicted molar refractivity (Wildman–Crippen MR) is 81.9 cm³/mol. The maximum absolute atomic E-state index is 12.3. The van der Waals surface area contributed by atoms with E-state index in [1.807, 2.05) is 49.1 Å². The maximum atomic E-state index is 12.3. The second-order valence-electron chi connectivity index (χ2n) is 4.91. The lowest BCUT2D eigenvalue weighted by atomic mass is 10.2.